The van der Waals surface area contributed by atoms with Crippen LogP contribution in [0.15, 0.2) is 34.8 Å². The lowest BCUT2D eigenvalue weighted by atomic mass is 9.98. The summed E-state index contributed by atoms with van der Waals surface area (Å²) in [6.07, 6.45) is 3.56. The van der Waals surface area contributed by atoms with Crippen LogP contribution in [0.3, 0.4) is 0 Å². The molecule has 0 fully saturated rings. The smallest absolute Gasteiger partial charge is 0.261 e. The lowest BCUT2D eigenvalue weighted by Crippen LogP contribution is -2.49. The maximum Gasteiger partial charge on any atom is 0.261 e. The summed E-state index contributed by atoms with van der Waals surface area (Å²) < 4.78 is 11.7. The number of ether oxygens (including phenoxy) is 2. The average Bonchev–Trinajstić information content (AvgIpc) is 3.31. The fourth-order valence-corrected chi connectivity index (χ4v) is 3.67. The van der Waals surface area contributed by atoms with E-state index in [1.54, 1.807) is 17.6 Å². The van der Waals surface area contributed by atoms with Gasteiger partial charge in [-0.25, -0.2) is 9.97 Å². The van der Waals surface area contributed by atoms with E-state index in [2.05, 4.69) is 20.6 Å². The summed E-state index contributed by atoms with van der Waals surface area (Å²) in [5.41, 5.74) is 0.0167. The molecular weight excluding hydrogens is 434 g/mol. The molecule has 0 aliphatic heterocycles. The van der Waals surface area contributed by atoms with Gasteiger partial charge in [0.15, 0.2) is 16.6 Å². The molecule has 32 heavy (non-hydrogen) atoms. The Kier molecular flexibility index (Phi) is 7.41. The highest BCUT2D eigenvalue weighted by atomic mass is 32.1. The number of hydrogen-bond donors (Lipinski definition) is 2. The molecule has 0 aliphatic carbocycles. The van der Waals surface area contributed by atoms with Crippen molar-refractivity contribution < 1.29 is 19.1 Å². The molecule has 2 atom stereocenters. The Morgan fingerprint density at radius 1 is 1.19 bits per heavy atom. The van der Waals surface area contributed by atoms with Crippen LogP contribution in [-0.2, 0) is 16.1 Å². The van der Waals surface area contributed by atoms with E-state index in [1.165, 1.54) is 42.5 Å². The van der Waals surface area contributed by atoms with E-state index in [0.29, 0.717) is 28.6 Å². The van der Waals surface area contributed by atoms with Crippen LogP contribution in [0.4, 0.5) is 5.13 Å². The van der Waals surface area contributed by atoms with Gasteiger partial charge in [-0.05, 0) is 12.0 Å². The summed E-state index contributed by atoms with van der Waals surface area (Å²) in [4.78, 5) is 46.6. The number of amides is 2. The summed E-state index contributed by atoms with van der Waals surface area (Å²) in [5.74, 6) is -0.124. The highest BCUT2D eigenvalue weighted by molar-refractivity contribution is 7.13. The van der Waals surface area contributed by atoms with Gasteiger partial charge in [0.2, 0.25) is 11.8 Å². The molecule has 1 unspecified atom stereocenters. The highest BCUT2D eigenvalue weighted by Gasteiger charge is 2.26. The molecule has 0 bridgehead atoms. The van der Waals surface area contributed by atoms with Crippen molar-refractivity contribution >= 4 is 39.2 Å². The maximum absolute atomic E-state index is 12.9. The SMILES string of the molecule is CCC(C)[C@H](NC(=O)Cn1cnc2cc(OC)c(OC)cc2c1=O)C(=O)Nc1nccs1. The van der Waals surface area contributed by atoms with Crippen LogP contribution in [0.2, 0.25) is 0 Å². The van der Waals surface area contributed by atoms with Crippen molar-refractivity contribution in [3.05, 3.63) is 40.4 Å². The Hall–Kier alpha value is -3.47. The predicted octanol–water partition coefficient (Wildman–Crippen LogP) is 2.04. The maximum atomic E-state index is 12.9. The Balaban J connectivity index is 1.80. The van der Waals surface area contributed by atoms with E-state index in [0.717, 1.165) is 0 Å². The molecule has 2 heterocycles. The number of rotatable bonds is 9. The molecule has 2 aromatic heterocycles. The van der Waals surface area contributed by atoms with E-state index in [9.17, 15) is 14.4 Å². The van der Waals surface area contributed by atoms with E-state index < -0.39 is 17.5 Å². The Morgan fingerprint density at radius 2 is 1.91 bits per heavy atom. The minimum absolute atomic E-state index is 0.123. The van der Waals surface area contributed by atoms with E-state index in [-0.39, 0.29) is 23.8 Å². The highest BCUT2D eigenvalue weighted by Crippen LogP contribution is 2.29. The summed E-state index contributed by atoms with van der Waals surface area (Å²) in [5, 5.41) is 7.94. The van der Waals surface area contributed by atoms with Crippen LogP contribution >= 0.6 is 11.3 Å². The number of nitrogens with one attached hydrogen (secondary N) is 2. The van der Waals surface area contributed by atoms with Gasteiger partial charge in [0.25, 0.3) is 5.56 Å². The van der Waals surface area contributed by atoms with Gasteiger partial charge >= 0.3 is 0 Å². The average molecular weight is 460 g/mol. The first-order valence-corrected chi connectivity index (χ1v) is 10.9. The van der Waals surface area contributed by atoms with Crippen molar-refractivity contribution in [1.82, 2.24) is 19.9 Å². The zero-order valence-electron chi connectivity index (χ0n) is 18.2. The number of benzene rings is 1. The zero-order chi connectivity index (χ0) is 23.3. The van der Waals surface area contributed by atoms with Gasteiger partial charge in [-0.2, -0.15) is 0 Å². The van der Waals surface area contributed by atoms with E-state index >= 15 is 0 Å². The van der Waals surface area contributed by atoms with Gasteiger partial charge < -0.3 is 20.1 Å². The van der Waals surface area contributed by atoms with Gasteiger partial charge in [-0.1, -0.05) is 20.3 Å². The van der Waals surface area contributed by atoms with Crippen LogP contribution in [0.1, 0.15) is 20.3 Å². The summed E-state index contributed by atoms with van der Waals surface area (Å²) in [7, 11) is 2.96. The molecule has 170 valence electrons. The van der Waals surface area contributed by atoms with Gasteiger partial charge in [-0.15, -0.1) is 11.3 Å². The fourth-order valence-electron chi connectivity index (χ4n) is 3.14. The van der Waals surface area contributed by atoms with Crippen molar-refractivity contribution in [2.45, 2.75) is 32.9 Å². The van der Waals surface area contributed by atoms with Crippen LogP contribution < -0.4 is 25.7 Å². The molecule has 0 saturated carbocycles. The van der Waals surface area contributed by atoms with Crippen molar-refractivity contribution in [1.29, 1.82) is 0 Å². The molecule has 1 aromatic carbocycles. The number of nitrogens with zero attached hydrogens (tertiary/aromatic N) is 3. The lowest BCUT2D eigenvalue weighted by molar-refractivity contribution is -0.128. The molecule has 2 N–H and O–H groups in total. The molecular formula is C21H25N5O5S. The number of fused-ring (bicyclic) bond motifs is 1. The van der Waals surface area contributed by atoms with Crippen molar-refractivity contribution in [2.24, 2.45) is 5.92 Å². The third-order valence-electron chi connectivity index (χ3n) is 5.12. The predicted molar refractivity (Wildman–Crippen MR) is 121 cm³/mol. The second kappa shape index (κ2) is 10.2. The number of hydrogen-bond acceptors (Lipinski definition) is 8. The van der Waals surface area contributed by atoms with Crippen LogP contribution in [0.25, 0.3) is 10.9 Å². The molecule has 0 saturated heterocycles. The number of anilines is 1. The molecule has 0 radical (unpaired) electrons. The van der Waals surface area contributed by atoms with Crippen LogP contribution in [0, 0.1) is 5.92 Å². The van der Waals surface area contributed by atoms with E-state index in [1.807, 2.05) is 13.8 Å². The van der Waals surface area contributed by atoms with Gasteiger partial charge in [0.05, 0.1) is 31.4 Å². The number of aromatic nitrogens is 3. The third kappa shape index (κ3) is 5.05. The summed E-state index contributed by atoms with van der Waals surface area (Å²) >= 11 is 1.29. The first-order valence-electron chi connectivity index (χ1n) is 9.98. The lowest BCUT2D eigenvalue weighted by Gasteiger charge is -2.23. The monoisotopic (exact) mass is 459 g/mol. The molecule has 0 spiro atoms. The topological polar surface area (TPSA) is 124 Å². The van der Waals surface area contributed by atoms with Gasteiger partial charge in [-0.3, -0.25) is 19.0 Å². The number of carbonyl (C=O) groups excluding carboxylic acids is 2. The Bertz CT molecular complexity index is 1160. The molecule has 10 nitrogen and oxygen atoms in total. The minimum atomic E-state index is -0.773. The zero-order valence-corrected chi connectivity index (χ0v) is 19.1. The third-order valence-corrected chi connectivity index (χ3v) is 5.81. The quantitative estimate of drug-likeness (QED) is 0.502. The van der Waals surface area contributed by atoms with E-state index in [4.69, 9.17) is 9.47 Å². The Labute approximate surface area is 188 Å². The molecule has 3 aromatic rings. The second-order valence-electron chi connectivity index (χ2n) is 7.16. The number of thiazole rings is 1. The molecule has 0 aliphatic rings. The number of carbonyl (C=O) groups is 2. The molecule has 11 heteroatoms. The van der Waals surface area contributed by atoms with Gasteiger partial charge in [0, 0.05) is 17.6 Å². The fraction of sp³-hybridized carbons (Fsp3) is 0.381. The van der Waals surface area contributed by atoms with Crippen molar-refractivity contribution in [2.75, 3.05) is 19.5 Å². The molecule has 2 amide bonds. The summed E-state index contributed by atoms with van der Waals surface area (Å²) in [6.45, 7) is 3.52. The van der Waals surface area contributed by atoms with Gasteiger partial charge in [0.1, 0.15) is 12.6 Å². The van der Waals surface area contributed by atoms with Crippen LogP contribution in [0.5, 0.6) is 11.5 Å². The molecule has 3 rings (SSSR count). The number of methoxy groups -OCH3 is 2. The first-order chi connectivity index (χ1) is 15.4. The summed E-state index contributed by atoms with van der Waals surface area (Å²) in [6, 6.07) is 2.35. The van der Waals surface area contributed by atoms with Crippen molar-refractivity contribution in [3.8, 4) is 11.5 Å². The van der Waals surface area contributed by atoms with Crippen molar-refractivity contribution in [3.63, 3.8) is 0 Å². The second-order valence-corrected chi connectivity index (χ2v) is 8.05. The van der Waals surface area contributed by atoms with Crippen LogP contribution in [-0.4, -0.2) is 46.6 Å². The first kappa shape index (κ1) is 23.2. The standard InChI is InChI=1S/C21H25N5O5S/c1-5-12(2)18(19(28)25-21-22-6-7-32-21)24-17(27)10-26-11-23-14-9-16(31-4)15(30-3)8-13(14)20(26)29/h6-9,11-12,18H,5,10H2,1-4H3,(H,24,27)(H,22,25,28)/t12?,18-/m0/s1. The normalized spacial score (nSPS) is 12.8. The Morgan fingerprint density at radius 3 is 2.53 bits per heavy atom. The minimum Gasteiger partial charge on any atom is -0.493 e. The largest absolute Gasteiger partial charge is 0.493 e.